The summed E-state index contributed by atoms with van der Waals surface area (Å²) in [6.45, 7) is 0. The fourth-order valence-electron chi connectivity index (χ4n) is 2.25. The van der Waals surface area contributed by atoms with E-state index in [9.17, 15) is 9.59 Å². The van der Waals surface area contributed by atoms with Gasteiger partial charge in [-0.3, -0.25) is 9.59 Å². The third kappa shape index (κ3) is 6.76. The van der Waals surface area contributed by atoms with E-state index in [2.05, 4.69) is 0 Å². The maximum absolute atomic E-state index is 11.5. The van der Waals surface area contributed by atoms with E-state index in [1.165, 1.54) is 6.42 Å². The van der Waals surface area contributed by atoms with Crippen LogP contribution in [0.5, 0.6) is 0 Å². The van der Waals surface area contributed by atoms with Crippen LogP contribution in [0.4, 0.5) is 0 Å². The zero-order chi connectivity index (χ0) is 11.6. The summed E-state index contributed by atoms with van der Waals surface area (Å²) in [6, 6.07) is 0. The summed E-state index contributed by atoms with van der Waals surface area (Å²) < 4.78 is 0. The van der Waals surface area contributed by atoms with Crippen molar-refractivity contribution >= 4 is 11.6 Å². The molecule has 0 amide bonds. The Morgan fingerprint density at radius 1 is 0.438 bits per heavy atom. The third-order valence-corrected chi connectivity index (χ3v) is 3.32. The van der Waals surface area contributed by atoms with Crippen LogP contribution >= 0.6 is 0 Å². The summed E-state index contributed by atoms with van der Waals surface area (Å²) in [5.41, 5.74) is 0. The average Bonchev–Trinajstić information content (AvgIpc) is 2.26. The van der Waals surface area contributed by atoms with Gasteiger partial charge in [-0.15, -0.1) is 0 Å². The second kappa shape index (κ2) is 8.49. The van der Waals surface area contributed by atoms with Gasteiger partial charge in [-0.05, 0) is 25.7 Å². The summed E-state index contributed by atoms with van der Waals surface area (Å²) in [5.74, 6) is 0.840. The molecule has 0 aromatic heterocycles. The molecule has 0 atom stereocenters. The van der Waals surface area contributed by atoms with Crippen LogP contribution in [-0.2, 0) is 9.59 Å². The van der Waals surface area contributed by atoms with Gasteiger partial charge in [0.2, 0.25) is 0 Å². The Hall–Kier alpha value is -0.660. The SMILES string of the molecule is O=C1CCCCCCCC(=O)CCCCC1. The molecule has 1 rings (SSSR count). The van der Waals surface area contributed by atoms with E-state index >= 15 is 0 Å². The van der Waals surface area contributed by atoms with E-state index in [0.29, 0.717) is 11.6 Å². The zero-order valence-electron chi connectivity index (χ0n) is 10.3. The lowest BCUT2D eigenvalue weighted by molar-refractivity contribution is -0.119. The number of hydrogen-bond donors (Lipinski definition) is 0. The van der Waals surface area contributed by atoms with E-state index in [-0.39, 0.29) is 0 Å². The highest BCUT2D eigenvalue weighted by Crippen LogP contribution is 2.13. The van der Waals surface area contributed by atoms with Crippen LogP contribution < -0.4 is 0 Å². The maximum atomic E-state index is 11.5. The van der Waals surface area contributed by atoms with Gasteiger partial charge in [0.25, 0.3) is 0 Å². The number of rotatable bonds is 0. The summed E-state index contributed by atoms with van der Waals surface area (Å²) in [6.07, 6.45) is 11.6. The van der Waals surface area contributed by atoms with Gasteiger partial charge in [0.05, 0.1) is 0 Å². The van der Waals surface area contributed by atoms with Crippen LogP contribution in [-0.4, -0.2) is 11.6 Å². The molecule has 0 bridgehead atoms. The topological polar surface area (TPSA) is 34.1 Å². The summed E-state index contributed by atoms with van der Waals surface area (Å²) in [4.78, 5) is 22.9. The average molecular weight is 224 g/mol. The molecule has 1 aliphatic rings. The standard InChI is InChI=1S/C14H24O2/c15-13-9-5-2-1-3-6-10-14(16)12-8-4-7-11-13/h1-12H2. The third-order valence-electron chi connectivity index (χ3n) is 3.32. The Labute approximate surface area is 98.8 Å². The molecule has 0 aliphatic heterocycles. The molecule has 92 valence electrons. The fraction of sp³-hybridized carbons (Fsp3) is 0.857. The molecule has 1 aliphatic carbocycles. The van der Waals surface area contributed by atoms with Crippen LogP contribution in [0.15, 0.2) is 0 Å². The van der Waals surface area contributed by atoms with Gasteiger partial charge in [-0.2, -0.15) is 0 Å². The quantitative estimate of drug-likeness (QED) is 0.627. The predicted molar refractivity (Wildman–Crippen MR) is 65.4 cm³/mol. The molecule has 2 nitrogen and oxygen atoms in total. The molecular formula is C14H24O2. The number of carbonyl (C=O) groups is 2. The van der Waals surface area contributed by atoms with Crippen molar-refractivity contribution < 1.29 is 9.59 Å². The van der Waals surface area contributed by atoms with Gasteiger partial charge in [0.15, 0.2) is 0 Å². The van der Waals surface area contributed by atoms with E-state index < -0.39 is 0 Å². The van der Waals surface area contributed by atoms with Crippen LogP contribution in [0.3, 0.4) is 0 Å². The van der Waals surface area contributed by atoms with Gasteiger partial charge >= 0.3 is 0 Å². The van der Waals surface area contributed by atoms with Crippen LogP contribution in [0.1, 0.15) is 77.0 Å². The second-order valence-corrected chi connectivity index (χ2v) is 4.91. The van der Waals surface area contributed by atoms with Crippen molar-refractivity contribution in [3.63, 3.8) is 0 Å². The van der Waals surface area contributed by atoms with Crippen LogP contribution in [0.25, 0.3) is 0 Å². The molecular weight excluding hydrogens is 200 g/mol. The highest BCUT2D eigenvalue weighted by molar-refractivity contribution is 5.78. The largest absolute Gasteiger partial charge is 0.300 e. The molecule has 0 unspecified atom stereocenters. The lowest BCUT2D eigenvalue weighted by atomic mass is 10.00. The smallest absolute Gasteiger partial charge is 0.132 e. The van der Waals surface area contributed by atoms with Crippen molar-refractivity contribution in [3.05, 3.63) is 0 Å². The van der Waals surface area contributed by atoms with Crippen molar-refractivity contribution in [1.29, 1.82) is 0 Å². The maximum Gasteiger partial charge on any atom is 0.132 e. The normalized spacial score (nSPS) is 22.8. The number of carbonyl (C=O) groups excluding carboxylic acids is 2. The Balaban J connectivity index is 2.23. The molecule has 0 radical (unpaired) electrons. The van der Waals surface area contributed by atoms with E-state index in [1.807, 2.05) is 0 Å². The first-order valence-electron chi connectivity index (χ1n) is 6.82. The van der Waals surface area contributed by atoms with Gasteiger partial charge in [0.1, 0.15) is 11.6 Å². The van der Waals surface area contributed by atoms with Gasteiger partial charge in [-0.1, -0.05) is 25.7 Å². The number of hydrogen-bond acceptors (Lipinski definition) is 2. The van der Waals surface area contributed by atoms with Crippen molar-refractivity contribution in [2.24, 2.45) is 0 Å². The van der Waals surface area contributed by atoms with Crippen LogP contribution in [0, 0.1) is 0 Å². The van der Waals surface area contributed by atoms with E-state index in [4.69, 9.17) is 0 Å². The zero-order valence-corrected chi connectivity index (χ0v) is 10.3. The Bertz CT molecular complexity index is 199. The first kappa shape index (κ1) is 13.4. The Kier molecular flexibility index (Phi) is 7.11. The minimum absolute atomic E-state index is 0.420. The lowest BCUT2D eigenvalue weighted by Crippen LogP contribution is -2.01. The summed E-state index contributed by atoms with van der Waals surface area (Å²) in [7, 11) is 0. The molecule has 0 aromatic rings. The molecule has 0 aromatic carbocycles. The van der Waals surface area contributed by atoms with Crippen molar-refractivity contribution in [2.45, 2.75) is 77.0 Å². The van der Waals surface area contributed by atoms with Crippen molar-refractivity contribution in [2.75, 3.05) is 0 Å². The molecule has 0 spiro atoms. The minimum atomic E-state index is 0.420. The van der Waals surface area contributed by atoms with Crippen molar-refractivity contribution in [1.82, 2.24) is 0 Å². The summed E-state index contributed by atoms with van der Waals surface area (Å²) >= 11 is 0. The first-order chi connectivity index (χ1) is 7.79. The Morgan fingerprint density at radius 2 is 0.688 bits per heavy atom. The van der Waals surface area contributed by atoms with Crippen molar-refractivity contribution in [3.8, 4) is 0 Å². The Morgan fingerprint density at radius 3 is 1.06 bits per heavy atom. The molecule has 1 saturated carbocycles. The molecule has 16 heavy (non-hydrogen) atoms. The fourth-order valence-corrected chi connectivity index (χ4v) is 2.25. The molecule has 1 fully saturated rings. The van der Waals surface area contributed by atoms with Crippen LogP contribution in [0.2, 0.25) is 0 Å². The first-order valence-corrected chi connectivity index (χ1v) is 6.82. The number of Topliss-reactive ketones (excluding diaryl/α,β-unsaturated/α-hetero) is 2. The highest BCUT2D eigenvalue weighted by atomic mass is 16.1. The van der Waals surface area contributed by atoms with Gasteiger partial charge in [-0.25, -0.2) is 0 Å². The summed E-state index contributed by atoms with van der Waals surface area (Å²) in [5, 5.41) is 0. The minimum Gasteiger partial charge on any atom is -0.300 e. The van der Waals surface area contributed by atoms with E-state index in [0.717, 1.165) is 70.6 Å². The lowest BCUT2D eigenvalue weighted by Gasteiger charge is -2.05. The predicted octanol–water partition coefficient (Wildman–Crippen LogP) is 3.82. The highest BCUT2D eigenvalue weighted by Gasteiger charge is 2.05. The molecule has 0 saturated heterocycles. The monoisotopic (exact) mass is 224 g/mol. The second-order valence-electron chi connectivity index (χ2n) is 4.91. The number of ketones is 2. The van der Waals surface area contributed by atoms with E-state index in [1.54, 1.807) is 0 Å². The molecule has 0 heterocycles. The van der Waals surface area contributed by atoms with Gasteiger partial charge in [0, 0.05) is 25.7 Å². The molecule has 0 N–H and O–H groups in total. The molecule has 2 heteroatoms. The van der Waals surface area contributed by atoms with Gasteiger partial charge < -0.3 is 0 Å².